The molecule has 0 saturated heterocycles. The molecule has 3 rings (SSSR count). The van der Waals surface area contributed by atoms with Crippen molar-refractivity contribution in [1.82, 2.24) is 20.1 Å². The number of benzene rings is 1. The third-order valence-corrected chi connectivity index (χ3v) is 6.75. The highest BCUT2D eigenvalue weighted by atomic mass is 32.2. The lowest BCUT2D eigenvalue weighted by Gasteiger charge is -2.21. The molecule has 0 unspecified atom stereocenters. The van der Waals surface area contributed by atoms with Gasteiger partial charge in [-0.2, -0.15) is 0 Å². The molecule has 1 heterocycles. The van der Waals surface area contributed by atoms with Gasteiger partial charge < -0.3 is 14.8 Å². The van der Waals surface area contributed by atoms with Crippen molar-refractivity contribution in [2.75, 3.05) is 30.3 Å². The van der Waals surface area contributed by atoms with Crippen molar-refractivity contribution in [2.45, 2.75) is 51.1 Å². The summed E-state index contributed by atoms with van der Waals surface area (Å²) >= 11 is 1.44. The summed E-state index contributed by atoms with van der Waals surface area (Å²) in [5.41, 5.74) is 2.25. The monoisotopic (exact) mass is 415 g/mol. The van der Waals surface area contributed by atoms with E-state index in [1.165, 1.54) is 49.6 Å². The highest BCUT2D eigenvalue weighted by Gasteiger charge is 2.16. The molecule has 0 radical (unpaired) electrons. The highest BCUT2D eigenvalue weighted by molar-refractivity contribution is 7.99. The summed E-state index contributed by atoms with van der Waals surface area (Å²) in [5, 5.41) is 12.5. The molecule has 1 amide bonds. The van der Waals surface area contributed by atoms with Gasteiger partial charge in [0.2, 0.25) is 5.91 Å². The van der Waals surface area contributed by atoms with E-state index in [4.69, 9.17) is 0 Å². The molecular weight excluding hydrogens is 382 g/mol. The standard InChI is InChI=1S/C22H33N5OS/c1-4-27(5-2)19-13-11-18(12-14-19)21-24-25-22(26(21)3)29-16-20(28)23-15-17-9-7-6-8-10-17/h11-14,17H,4-10,15-16H2,1-3H3,(H,23,28). The van der Waals surface area contributed by atoms with Crippen LogP contribution >= 0.6 is 11.8 Å². The Morgan fingerprint density at radius 2 is 1.83 bits per heavy atom. The van der Waals surface area contributed by atoms with Crippen molar-refractivity contribution in [2.24, 2.45) is 13.0 Å². The Kier molecular flexibility index (Phi) is 7.98. The van der Waals surface area contributed by atoms with Crippen LogP contribution in [0.4, 0.5) is 5.69 Å². The number of aromatic nitrogens is 3. The molecule has 1 aromatic heterocycles. The zero-order valence-corrected chi connectivity index (χ0v) is 18.7. The summed E-state index contributed by atoms with van der Waals surface area (Å²) in [6.07, 6.45) is 6.42. The lowest BCUT2D eigenvalue weighted by Crippen LogP contribution is -2.31. The van der Waals surface area contributed by atoms with Crippen LogP contribution in [0.15, 0.2) is 29.4 Å². The molecule has 2 aromatic rings. The summed E-state index contributed by atoms with van der Waals surface area (Å²) in [6.45, 7) is 7.11. The van der Waals surface area contributed by atoms with Crippen molar-refractivity contribution in [3.05, 3.63) is 24.3 Å². The molecule has 29 heavy (non-hydrogen) atoms. The Hall–Kier alpha value is -2.02. The lowest BCUT2D eigenvalue weighted by molar-refractivity contribution is -0.118. The molecule has 1 aromatic carbocycles. The first-order valence-electron chi connectivity index (χ1n) is 10.8. The maximum absolute atomic E-state index is 12.2. The van der Waals surface area contributed by atoms with Crippen LogP contribution in [0.25, 0.3) is 11.4 Å². The number of carbonyl (C=O) groups is 1. The predicted molar refractivity (Wildman–Crippen MR) is 120 cm³/mol. The molecule has 1 aliphatic rings. The minimum Gasteiger partial charge on any atom is -0.372 e. The molecule has 158 valence electrons. The van der Waals surface area contributed by atoms with Crippen LogP contribution < -0.4 is 10.2 Å². The van der Waals surface area contributed by atoms with Gasteiger partial charge in [-0.1, -0.05) is 31.0 Å². The third-order valence-electron chi connectivity index (χ3n) is 5.73. The fourth-order valence-corrected chi connectivity index (χ4v) is 4.67. The number of nitrogens with zero attached hydrogens (tertiary/aromatic N) is 4. The first-order chi connectivity index (χ1) is 14.1. The first-order valence-corrected chi connectivity index (χ1v) is 11.7. The molecule has 1 fully saturated rings. The topological polar surface area (TPSA) is 63.1 Å². The second kappa shape index (κ2) is 10.7. The zero-order valence-electron chi connectivity index (χ0n) is 17.9. The summed E-state index contributed by atoms with van der Waals surface area (Å²) in [5.74, 6) is 1.92. The van der Waals surface area contributed by atoms with Gasteiger partial charge in [-0.25, -0.2) is 0 Å². The van der Waals surface area contributed by atoms with Gasteiger partial charge in [0.1, 0.15) is 0 Å². The Labute approximate surface area is 178 Å². The van der Waals surface area contributed by atoms with Gasteiger partial charge >= 0.3 is 0 Å². The van der Waals surface area contributed by atoms with Gasteiger partial charge in [-0.05, 0) is 56.9 Å². The molecule has 1 saturated carbocycles. The van der Waals surface area contributed by atoms with E-state index in [9.17, 15) is 4.79 Å². The molecule has 7 heteroatoms. The van der Waals surface area contributed by atoms with E-state index in [2.05, 4.69) is 58.5 Å². The van der Waals surface area contributed by atoms with Crippen LogP contribution in [0.5, 0.6) is 0 Å². The number of rotatable bonds is 9. The average Bonchev–Trinajstić information content (AvgIpc) is 3.13. The predicted octanol–water partition coefficient (Wildman–Crippen LogP) is 4.12. The number of thioether (sulfide) groups is 1. The quantitative estimate of drug-likeness (QED) is 0.624. The molecule has 0 aliphatic heterocycles. The number of hydrogen-bond acceptors (Lipinski definition) is 5. The summed E-state index contributed by atoms with van der Waals surface area (Å²) in [7, 11) is 1.95. The first kappa shape index (κ1) is 21.7. The minimum absolute atomic E-state index is 0.0775. The summed E-state index contributed by atoms with van der Waals surface area (Å²) < 4.78 is 1.96. The molecule has 0 atom stereocenters. The van der Waals surface area contributed by atoms with Crippen molar-refractivity contribution in [3.63, 3.8) is 0 Å². The van der Waals surface area contributed by atoms with Gasteiger partial charge in [0, 0.05) is 37.9 Å². The van der Waals surface area contributed by atoms with Crippen molar-refractivity contribution in [1.29, 1.82) is 0 Å². The normalized spacial score (nSPS) is 14.7. The van der Waals surface area contributed by atoms with Crippen LogP contribution in [0.2, 0.25) is 0 Å². The Bertz CT molecular complexity index is 779. The van der Waals surface area contributed by atoms with E-state index in [0.717, 1.165) is 36.2 Å². The van der Waals surface area contributed by atoms with Crippen LogP contribution in [0, 0.1) is 5.92 Å². The Balaban J connectivity index is 1.54. The minimum atomic E-state index is 0.0775. The van der Waals surface area contributed by atoms with E-state index in [1.54, 1.807) is 0 Å². The van der Waals surface area contributed by atoms with Gasteiger partial charge in [0.15, 0.2) is 11.0 Å². The summed E-state index contributed by atoms with van der Waals surface area (Å²) in [4.78, 5) is 14.5. The number of carbonyl (C=O) groups excluding carboxylic acids is 1. The van der Waals surface area contributed by atoms with E-state index in [0.29, 0.717) is 11.7 Å². The zero-order chi connectivity index (χ0) is 20.6. The van der Waals surface area contributed by atoms with Gasteiger partial charge in [0.25, 0.3) is 0 Å². The second-order valence-corrected chi connectivity index (χ2v) is 8.62. The molecule has 1 N–H and O–H groups in total. The second-order valence-electron chi connectivity index (χ2n) is 7.68. The van der Waals surface area contributed by atoms with E-state index in [-0.39, 0.29) is 5.91 Å². The van der Waals surface area contributed by atoms with Crippen LogP contribution in [-0.2, 0) is 11.8 Å². The summed E-state index contributed by atoms with van der Waals surface area (Å²) in [6, 6.07) is 8.43. The van der Waals surface area contributed by atoms with Gasteiger partial charge in [0.05, 0.1) is 5.75 Å². The fraction of sp³-hybridized carbons (Fsp3) is 0.591. The van der Waals surface area contributed by atoms with Crippen LogP contribution in [0.3, 0.4) is 0 Å². The molecule has 1 aliphatic carbocycles. The van der Waals surface area contributed by atoms with Crippen molar-refractivity contribution in [3.8, 4) is 11.4 Å². The maximum atomic E-state index is 12.2. The van der Waals surface area contributed by atoms with E-state index < -0.39 is 0 Å². The van der Waals surface area contributed by atoms with Crippen molar-refractivity contribution >= 4 is 23.4 Å². The SMILES string of the molecule is CCN(CC)c1ccc(-c2nnc(SCC(=O)NCC3CCCCC3)n2C)cc1. The molecule has 0 bridgehead atoms. The maximum Gasteiger partial charge on any atom is 0.230 e. The van der Waals surface area contributed by atoms with Crippen molar-refractivity contribution < 1.29 is 4.79 Å². The van der Waals surface area contributed by atoms with Crippen LogP contribution in [-0.4, -0.2) is 46.1 Å². The third kappa shape index (κ3) is 5.75. The van der Waals surface area contributed by atoms with Crippen LogP contribution in [0.1, 0.15) is 46.0 Å². The fourth-order valence-electron chi connectivity index (χ4n) is 3.93. The Morgan fingerprint density at radius 3 is 2.48 bits per heavy atom. The lowest BCUT2D eigenvalue weighted by atomic mass is 9.89. The van der Waals surface area contributed by atoms with E-state index in [1.807, 2.05) is 11.6 Å². The number of nitrogens with one attached hydrogen (secondary N) is 1. The molecule has 0 spiro atoms. The van der Waals surface area contributed by atoms with Gasteiger partial charge in [-0.3, -0.25) is 4.79 Å². The Morgan fingerprint density at radius 1 is 1.14 bits per heavy atom. The number of hydrogen-bond donors (Lipinski definition) is 1. The van der Waals surface area contributed by atoms with E-state index >= 15 is 0 Å². The largest absolute Gasteiger partial charge is 0.372 e. The molecular formula is C22H33N5OS. The number of amides is 1. The number of anilines is 1. The molecule has 6 nitrogen and oxygen atoms in total. The highest BCUT2D eigenvalue weighted by Crippen LogP contribution is 2.25. The average molecular weight is 416 g/mol. The van der Waals surface area contributed by atoms with Gasteiger partial charge in [-0.15, -0.1) is 10.2 Å². The smallest absolute Gasteiger partial charge is 0.230 e.